The molecule has 2 aliphatic heterocycles. The van der Waals surface area contributed by atoms with E-state index in [4.69, 9.17) is 10.1 Å². The lowest BCUT2D eigenvalue weighted by Crippen LogP contribution is -2.59. The number of carbonyl (C=O) groups is 1. The summed E-state index contributed by atoms with van der Waals surface area (Å²) in [4.78, 5) is 18.1. The first-order valence-corrected chi connectivity index (χ1v) is 10.6. The van der Waals surface area contributed by atoms with Crippen LogP contribution < -0.4 is 15.9 Å². The maximum Gasteiger partial charge on any atom is 0.276 e. The van der Waals surface area contributed by atoms with E-state index in [0.29, 0.717) is 10.9 Å². The zero-order chi connectivity index (χ0) is 17.4. The van der Waals surface area contributed by atoms with Crippen LogP contribution in [-0.4, -0.2) is 27.5 Å². The van der Waals surface area contributed by atoms with Crippen LogP contribution >= 0.6 is 27.7 Å². The molecule has 0 atom stereocenters. The predicted octanol–water partition coefficient (Wildman–Crippen LogP) is 2.70. The van der Waals surface area contributed by atoms with Gasteiger partial charge in [0.25, 0.3) is 5.91 Å². The lowest BCUT2D eigenvalue weighted by molar-refractivity contribution is -0.116. The smallest absolute Gasteiger partial charge is 0.276 e. The van der Waals surface area contributed by atoms with Crippen LogP contribution in [-0.2, 0) is 4.79 Å². The SMILES string of the molecule is CCCSC1=NN2C(=c3cc(Br)ccc3=NC23CCCCC3)C(=O)N1. The van der Waals surface area contributed by atoms with E-state index in [2.05, 4.69) is 28.2 Å². The zero-order valence-corrected chi connectivity index (χ0v) is 16.6. The van der Waals surface area contributed by atoms with E-state index >= 15 is 0 Å². The Kier molecular flexibility index (Phi) is 4.62. The molecule has 4 rings (SSSR count). The maximum atomic E-state index is 13.0. The normalized spacial score (nSPS) is 21.2. The molecule has 1 aliphatic carbocycles. The van der Waals surface area contributed by atoms with Crippen molar-refractivity contribution in [2.75, 3.05) is 5.75 Å². The van der Waals surface area contributed by atoms with E-state index < -0.39 is 5.66 Å². The van der Waals surface area contributed by atoms with E-state index in [1.165, 1.54) is 6.42 Å². The third-order valence-corrected chi connectivity index (χ3v) is 6.43. The molecule has 7 heteroatoms. The molecule has 1 N–H and O–H groups in total. The minimum absolute atomic E-state index is 0.0761. The van der Waals surface area contributed by atoms with Crippen molar-refractivity contribution in [1.82, 2.24) is 10.3 Å². The molecule has 1 saturated carbocycles. The molecule has 1 amide bonds. The number of halogens is 1. The fraction of sp³-hybridized carbons (Fsp3) is 0.500. The van der Waals surface area contributed by atoms with Crippen LogP contribution in [0.15, 0.2) is 32.8 Å². The molecule has 0 unspecified atom stereocenters. The van der Waals surface area contributed by atoms with Gasteiger partial charge in [0.05, 0.1) is 5.36 Å². The average Bonchev–Trinajstić information content (AvgIpc) is 2.61. The summed E-state index contributed by atoms with van der Waals surface area (Å²) in [5.74, 6) is 0.863. The van der Waals surface area contributed by atoms with Crippen LogP contribution in [0.5, 0.6) is 0 Å². The number of carbonyl (C=O) groups excluding carboxylic acids is 1. The number of rotatable bonds is 2. The highest BCUT2D eigenvalue weighted by molar-refractivity contribution is 9.10. The molecule has 1 aromatic carbocycles. The van der Waals surface area contributed by atoms with Gasteiger partial charge in [-0.15, -0.1) is 5.10 Å². The number of amides is 1. The summed E-state index contributed by atoms with van der Waals surface area (Å²) >= 11 is 5.12. The topological polar surface area (TPSA) is 57.1 Å². The van der Waals surface area contributed by atoms with Gasteiger partial charge in [-0.1, -0.05) is 41.0 Å². The number of hydrogen-bond donors (Lipinski definition) is 1. The zero-order valence-electron chi connectivity index (χ0n) is 14.2. The number of benzene rings is 1. The number of thioether (sulfide) groups is 1. The standard InChI is InChI=1S/C18H21BrN4OS/c1-2-10-25-17-20-16(24)15-13-11-12(19)6-7-14(13)21-18(23(15)22-17)8-4-3-5-9-18/h6-7,11H,2-5,8-10H2,1H3,(H,20,22,24). The maximum absolute atomic E-state index is 13.0. The molecule has 0 radical (unpaired) electrons. The van der Waals surface area contributed by atoms with Crippen LogP contribution in [0.2, 0.25) is 0 Å². The summed E-state index contributed by atoms with van der Waals surface area (Å²) in [5.41, 5.74) is 0.221. The van der Waals surface area contributed by atoms with Crippen molar-refractivity contribution in [3.8, 4) is 0 Å². The van der Waals surface area contributed by atoms with E-state index in [1.807, 2.05) is 23.2 Å². The molecule has 1 aromatic rings. The minimum Gasteiger partial charge on any atom is -0.298 e. The number of hydrazone groups is 1. The highest BCUT2D eigenvalue weighted by atomic mass is 79.9. The van der Waals surface area contributed by atoms with Crippen molar-refractivity contribution >= 4 is 44.5 Å². The molecule has 2 heterocycles. The highest BCUT2D eigenvalue weighted by Gasteiger charge is 2.45. The Morgan fingerprint density at radius 1 is 1.32 bits per heavy atom. The average molecular weight is 421 g/mol. The van der Waals surface area contributed by atoms with Crippen LogP contribution in [0.3, 0.4) is 0 Å². The van der Waals surface area contributed by atoms with Gasteiger partial charge in [-0.2, -0.15) is 0 Å². The molecule has 3 aliphatic rings. The van der Waals surface area contributed by atoms with Crippen molar-refractivity contribution in [2.45, 2.75) is 51.1 Å². The molecule has 0 aromatic heterocycles. The highest BCUT2D eigenvalue weighted by Crippen LogP contribution is 2.39. The summed E-state index contributed by atoms with van der Waals surface area (Å²) in [7, 11) is 0. The first-order valence-electron chi connectivity index (χ1n) is 8.86. The summed E-state index contributed by atoms with van der Waals surface area (Å²) in [6, 6.07) is 5.95. The van der Waals surface area contributed by atoms with Crippen LogP contribution in [0.1, 0.15) is 45.4 Å². The molecule has 5 nitrogen and oxygen atoms in total. The van der Waals surface area contributed by atoms with Gasteiger partial charge in [-0.05, 0) is 50.3 Å². The second kappa shape index (κ2) is 6.76. The second-order valence-electron chi connectivity index (χ2n) is 6.68. The molecule has 1 fully saturated rings. The number of nitrogens with one attached hydrogen (secondary N) is 1. The van der Waals surface area contributed by atoms with Gasteiger partial charge in [0.1, 0.15) is 5.70 Å². The third kappa shape index (κ3) is 3.01. The van der Waals surface area contributed by atoms with Gasteiger partial charge >= 0.3 is 0 Å². The van der Waals surface area contributed by atoms with E-state index in [9.17, 15) is 4.79 Å². The Morgan fingerprint density at radius 3 is 2.88 bits per heavy atom. The van der Waals surface area contributed by atoms with Crippen molar-refractivity contribution in [2.24, 2.45) is 10.1 Å². The van der Waals surface area contributed by atoms with Crippen LogP contribution in [0.25, 0.3) is 5.70 Å². The fourth-order valence-corrected chi connectivity index (χ4v) is 4.79. The Labute approximate surface area is 159 Å². The minimum atomic E-state index is -0.413. The van der Waals surface area contributed by atoms with E-state index in [-0.39, 0.29) is 5.91 Å². The molecule has 0 saturated heterocycles. The summed E-state index contributed by atoms with van der Waals surface area (Å²) < 4.78 is 0.941. The first-order chi connectivity index (χ1) is 12.1. The quantitative estimate of drug-likeness (QED) is 0.799. The largest absolute Gasteiger partial charge is 0.298 e. The van der Waals surface area contributed by atoms with Crippen LogP contribution in [0.4, 0.5) is 0 Å². The molecule has 1 spiro atoms. The van der Waals surface area contributed by atoms with Crippen molar-refractivity contribution in [3.63, 3.8) is 0 Å². The van der Waals surface area contributed by atoms with Crippen molar-refractivity contribution in [1.29, 1.82) is 0 Å². The van der Waals surface area contributed by atoms with E-state index in [1.54, 1.807) is 11.8 Å². The van der Waals surface area contributed by atoms with E-state index in [0.717, 1.165) is 52.9 Å². The number of amidine groups is 1. The Morgan fingerprint density at radius 2 is 2.12 bits per heavy atom. The van der Waals surface area contributed by atoms with Gasteiger partial charge < -0.3 is 0 Å². The van der Waals surface area contributed by atoms with Crippen molar-refractivity contribution < 1.29 is 4.79 Å². The van der Waals surface area contributed by atoms with Gasteiger partial charge in [0.2, 0.25) is 0 Å². The van der Waals surface area contributed by atoms with Crippen molar-refractivity contribution in [3.05, 3.63) is 33.2 Å². The first kappa shape index (κ1) is 17.1. The lowest BCUT2D eigenvalue weighted by Gasteiger charge is -2.45. The number of nitrogens with zero attached hydrogens (tertiary/aromatic N) is 3. The molecule has 132 valence electrons. The Bertz CT molecular complexity index is 860. The summed E-state index contributed by atoms with van der Waals surface area (Å²) in [6.45, 7) is 2.13. The molecular weight excluding hydrogens is 400 g/mol. The lowest BCUT2D eigenvalue weighted by atomic mass is 9.87. The summed E-state index contributed by atoms with van der Waals surface area (Å²) in [6.07, 6.45) is 6.38. The van der Waals surface area contributed by atoms with Gasteiger partial charge in [0, 0.05) is 15.4 Å². The number of hydrogen-bond acceptors (Lipinski definition) is 5. The predicted molar refractivity (Wildman–Crippen MR) is 104 cm³/mol. The Balaban J connectivity index is 1.92. The third-order valence-electron chi connectivity index (χ3n) is 4.87. The van der Waals surface area contributed by atoms with Crippen LogP contribution in [0, 0.1) is 0 Å². The molecule has 0 bridgehead atoms. The fourth-order valence-electron chi connectivity index (χ4n) is 3.73. The number of fused-ring (bicyclic) bond motifs is 3. The molecule has 25 heavy (non-hydrogen) atoms. The Hall–Kier alpha value is -1.34. The molecular formula is C18H21BrN4OS. The summed E-state index contributed by atoms with van der Waals surface area (Å²) in [5, 5.41) is 12.2. The van der Waals surface area contributed by atoms with Gasteiger partial charge in [0.15, 0.2) is 10.8 Å². The second-order valence-corrected chi connectivity index (χ2v) is 8.68. The monoisotopic (exact) mass is 420 g/mol. The van der Waals surface area contributed by atoms with Gasteiger partial charge in [-0.25, -0.2) is 5.01 Å². The van der Waals surface area contributed by atoms with Gasteiger partial charge in [-0.3, -0.25) is 15.1 Å².